The number of rotatable bonds is 2. The summed E-state index contributed by atoms with van der Waals surface area (Å²) in [6, 6.07) is 8.48. The Hall–Kier alpha value is -1.39. The summed E-state index contributed by atoms with van der Waals surface area (Å²) in [6.07, 6.45) is 4.01. The Morgan fingerprint density at radius 3 is 3.00 bits per heavy atom. The fourth-order valence-corrected chi connectivity index (χ4v) is 3.16. The van der Waals surface area contributed by atoms with Gasteiger partial charge in [-0.05, 0) is 53.4 Å². The van der Waals surface area contributed by atoms with Crippen molar-refractivity contribution in [3.63, 3.8) is 0 Å². The zero-order valence-electron chi connectivity index (χ0n) is 11.4. The van der Waals surface area contributed by atoms with Crippen LogP contribution in [0.3, 0.4) is 0 Å². The highest BCUT2D eigenvalue weighted by Crippen LogP contribution is 2.35. The standard InChI is InChI=1S/C16H17BrN2O/c1-11-4-5-15-12(7-11)3-2-6-19(15)16-13(10-20)8-14(17)9-18-16/h4-5,7-9,20H,2-3,6,10H2,1H3. The molecule has 0 saturated heterocycles. The molecule has 0 bridgehead atoms. The number of hydrogen-bond donors (Lipinski definition) is 1. The molecular formula is C16H17BrN2O. The van der Waals surface area contributed by atoms with E-state index in [1.54, 1.807) is 6.20 Å². The molecule has 2 aromatic rings. The van der Waals surface area contributed by atoms with E-state index in [0.717, 1.165) is 35.2 Å². The zero-order valence-corrected chi connectivity index (χ0v) is 13.0. The molecule has 3 rings (SSSR count). The lowest BCUT2D eigenvalue weighted by Crippen LogP contribution is -2.26. The first-order valence-corrected chi connectivity index (χ1v) is 7.60. The van der Waals surface area contributed by atoms with Crippen LogP contribution in [0.5, 0.6) is 0 Å². The Balaban J connectivity index is 2.09. The number of fused-ring (bicyclic) bond motifs is 1. The number of nitrogens with zero attached hydrogens (tertiary/aromatic N) is 2. The minimum absolute atomic E-state index is 0.000528. The molecule has 1 N–H and O–H groups in total. The van der Waals surface area contributed by atoms with Crippen molar-refractivity contribution in [2.45, 2.75) is 26.4 Å². The Kier molecular flexibility index (Phi) is 3.76. The normalized spacial score (nSPS) is 14.2. The first kappa shape index (κ1) is 13.6. The molecule has 0 amide bonds. The quantitative estimate of drug-likeness (QED) is 0.910. The van der Waals surface area contributed by atoms with Gasteiger partial charge < -0.3 is 10.0 Å². The summed E-state index contributed by atoms with van der Waals surface area (Å²) in [7, 11) is 0. The van der Waals surface area contributed by atoms with Crippen molar-refractivity contribution >= 4 is 27.4 Å². The number of benzene rings is 1. The SMILES string of the molecule is Cc1ccc2c(c1)CCCN2c1ncc(Br)cc1CO. The average molecular weight is 333 g/mol. The smallest absolute Gasteiger partial charge is 0.138 e. The molecule has 104 valence electrons. The highest BCUT2D eigenvalue weighted by Gasteiger charge is 2.21. The van der Waals surface area contributed by atoms with Crippen LogP contribution in [0.15, 0.2) is 34.9 Å². The van der Waals surface area contributed by atoms with Gasteiger partial charge in [-0.15, -0.1) is 0 Å². The fraction of sp³-hybridized carbons (Fsp3) is 0.312. The molecular weight excluding hydrogens is 316 g/mol. The van der Waals surface area contributed by atoms with Crippen LogP contribution in [-0.2, 0) is 13.0 Å². The van der Waals surface area contributed by atoms with Crippen LogP contribution < -0.4 is 4.90 Å². The zero-order chi connectivity index (χ0) is 14.1. The van der Waals surface area contributed by atoms with Gasteiger partial charge in [-0.2, -0.15) is 0 Å². The van der Waals surface area contributed by atoms with Gasteiger partial charge in [0, 0.05) is 28.5 Å². The minimum Gasteiger partial charge on any atom is -0.392 e. The highest BCUT2D eigenvalue weighted by molar-refractivity contribution is 9.10. The number of halogens is 1. The van der Waals surface area contributed by atoms with E-state index in [-0.39, 0.29) is 6.61 Å². The Labute approximate surface area is 127 Å². The lowest BCUT2D eigenvalue weighted by atomic mass is 9.99. The first-order chi connectivity index (χ1) is 9.69. The van der Waals surface area contributed by atoms with Gasteiger partial charge in [-0.1, -0.05) is 17.7 Å². The largest absolute Gasteiger partial charge is 0.392 e. The lowest BCUT2D eigenvalue weighted by molar-refractivity contribution is 0.281. The predicted molar refractivity (Wildman–Crippen MR) is 84.4 cm³/mol. The topological polar surface area (TPSA) is 36.4 Å². The van der Waals surface area contributed by atoms with Gasteiger partial charge in [0.05, 0.1) is 6.61 Å². The van der Waals surface area contributed by atoms with Crippen LogP contribution in [0, 0.1) is 6.92 Å². The van der Waals surface area contributed by atoms with Crippen LogP contribution in [-0.4, -0.2) is 16.6 Å². The van der Waals surface area contributed by atoms with Crippen LogP contribution in [0.2, 0.25) is 0 Å². The molecule has 0 spiro atoms. The molecule has 3 nitrogen and oxygen atoms in total. The summed E-state index contributed by atoms with van der Waals surface area (Å²) in [5.74, 6) is 0.862. The van der Waals surface area contributed by atoms with E-state index in [1.807, 2.05) is 6.07 Å². The number of aryl methyl sites for hydroxylation is 2. The number of aromatic nitrogens is 1. The van der Waals surface area contributed by atoms with Gasteiger partial charge >= 0.3 is 0 Å². The van der Waals surface area contributed by atoms with Gasteiger partial charge in [0.25, 0.3) is 0 Å². The predicted octanol–water partition coefficient (Wildman–Crippen LogP) is 3.73. The van der Waals surface area contributed by atoms with Gasteiger partial charge in [0.2, 0.25) is 0 Å². The number of hydrogen-bond acceptors (Lipinski definition) is 3. The number of aliphatic hydroxyl groups is 1. The van der Waals surface area contributed by atoms with Crippen molar-refractivity contribution in [1.82, 2.24) is 4.98 Å². The number of pyridine rings is 1. The molecule has 2 heterocycles. The maximum Gasteiger partial charge on any atom is 0.138 e. The molecule has 0 unspecified atom stereocenters. The second-order valence-electron chi connectivity index (χ2n) is 5.18. The molecule has 1 aromatic heterocycles. The second kappa shape index (κ2) is 5.54. The highest BCUT2D eigenvalue weighted by atomic mass is 79.9. The second-order valence-corrected chi connectivity index (χ2v) is 6.10. The third kappa shape index (κ3) is 2.45. The van der Waals surface area contributed by atoms with Crippen LogP contribution in [0.1, 0.15) is 23.1 Å². The van der Waals surface area contributed by atoms with Crippen molar-refractivity contribution in [2.24, 2.45) is 0 Å². The summed E-state index contributed by atoms with van der Waals surface area (Å²) in [5.41, 5.74) is 4.72. The molecule has 0 atom stereocenters. The van der Waals surface area contributed by atoms with E-state index in [1.165, 1.54) is 16.8 Å². The molecule has 1 aromatic carbocycles. The van der Waals surface area contributed by atoms with E-state index >= 15 is 0 Å². The summed E-state index contributed by atoms with van der Waals surface area (Å²) < 4.78 is 0.895. The molecule has 0 fully saturated rings. The molecule has 0 aliphatic carbocycles. The number of anilines is 2. The van der Waals surface area contributed by atoms with Crippen LogP contribution in [0.4, 0.5) is 11.5 Å². The summed E-state index contributed by atoms with van der Waals surface area (Å²) in [5, 5.41) is 9.58. The first-order valence-electron chi connectivity index (χ1n) is 6.81. The van der Waals surface area contributed by atoms with Crippen LogP contribution in [0.25, 0.3) is 0 Å². The van der Waals surface area contributed by atoms with E-state index in [0.29, 0.717) is 0 Å². The van der Waals surface area contributed by atoms with E-state index in [9.17, 15) is 5.11 Å². The van der Waals surface area contributed by atoms with Crippen LogP contribution >= 0.6 is 15.9 Å². The van der Waals surface area contributed by atoms with Crippen molar-refractivity contribution in [3.8, 4) is 0 Å². The van der Waals surface area contributed by atoms with Gasteiger partial charge in [0.15, 0.2) is 0 Å². The monoisotopic (exact) mass is 332 g/mol. The Morgan fingerprint density at radius 1 is 1.35 bits per heavy atom. The molecule has 0 saturated carbocycles. The van der Waals surface area contributed by atoms with E-state index in [4.69, 9.17) is 0 Å². The summed E-state index contributed by atoms with van der Waals surface area (Å²) >= 11 is 3.41. The van der Waals surface area contributed by atoms with E-state index < -0.39 is 0 Å². The third-order valence-corrected chi connectivity index (χ3v) is 4.12. The third-order valence-electron chi connectivity index (χ3n) is 3.69. The molecule has 4 heteroatoms. The van der Waals surface area contributed by atoms with Crippen molar-refractivity contribution < 1.29 is 5.11 Å². The summed E-state index contributed by atoms with van der Waals surface area (Å²) in [4.78, 5) is 6.73. The fourth-order valence-electron chi connectivity index (χ4n) is 2.78. The molecule has 1 aliphatic heterocycles. The van der Waals surface area contributed by atoms with Gasteiger partial charge in [0.1, 0.15) is 5.82 Å². The average Bonchev–Trinajstić information content (AvgIpc) is 2.46. The van der Waals surface area contributed by atoms with Crippen molar-refractivity contribution in [1.29, 1.82) is 0 Å². The minimum atomic E-state index is -0.000528. The maximum atomic E-state index is 9.58. The lowest BCUT2D eigenvalue weighted by Gasteiger charge is -2.32. The van der Waals surface area contributed by atoms with E-state index in [2.05, 4.69) is 50.9 Å². The van der Waals surface area contributed by atoms with Crippen molar-refractivity contribution in [2.75, 3.05) is 11.4 Å². The number of aliphatic hydroxyl groups excluding tert-OH is 1. The molecule has 0 radical (unpaired) electrons. The van der Waals surface area contributed by atoms with Gasteiger partial charge in [-0.3, -0.25) is 0 Å². The molecule has 1 aliphatic rings. The Morgan fingerprint density at radius 2 is 2.20 bits per heavy atom. The van der Waals surface area contributed by atoms with Crippen molar-refractivity contribution in [3.05, 3.63) is 51.6 Å². The van der Waals surface area contributed by atoms with Gasteiger partial charge in [-0.25, -0.2) is 4.98 Å². The molecule has 20 heavy (non-hydrogen) atoms. The summed E-state index contributed by atoms with van der Waals surface area (Å²) in [6.45, 7) is 3.06. The Bertz CT molecular complexity index is 642. The maximum absolute atomic E-state index is 9.58.